The summed E-state index contributed by atoms with van der Waals surface area (Å²) < 4.78 is 1.74. The normalized spacial score (nSPS) is 24.5. The second-order valence-corrected chi connectivity index (χ2v) is 6.22. The van der Waals surface area contributed by atoms with Crippen LogP contribution < -0.4 is 5.32 Å². The number of aromatic nitrogens is 2. The molecular weight excluding hydrogens is 254 g/mol. The average molecular weight is 274 g/mol. The van der Waals surface area contributed by atoms with Crippen LogP contribution in [0.3, 0.4) is 0 Å². The minimum Gasteiger partial charge on any atom is -0.310 e. The van der Waals surface area contributed by atoms with E-state index in [4.69, 9.17) is 11.6 Å². The Labute approximate surface area is 112 Å². The third kappa shape index (κ3) is 2.98. The van der Waals surface area contributed by atoms with E-state index in [1.165, 1.54) is 19.3 Å². The van der Waals surface area contributed by atoms with Gasteiger partial charge in [-0.05, 0) is 32.4 Å². The fourth-order valence-electron chi connectivity index (χ4n) is 2.46. The van der Waals surface area contributed by atoms with Crippen molar-refractivity contribution in [3.05, 3.63) is 16.4 Å². The lowest BCUT2D eigenvalue weighted by atomic mass is 10.2. The van der Waals surface area contributed by atoms with E-state index in [0.717, 1.165) is 28.2 Å². The zero-order chi connectivity index (χ0) is 12.4. The molecule has 0 saturated heterocycles. The van der Waals surface area contributed by atoms with Gasteiger partial charge in [-0.3, -0.25) is 4.68 Å². The minimum atomic E-state index is 0.642. The number of halogens is 1. The van der Waals surface area contributed by atoms with Crippen LogP contribution in [0.1, 0.15) is 30.5 Å². The molecule has 0 bridgehead atoms. The van der Waals surface area contributed by atoms with Crippen molar-refractivity contribution in [3.8, 4) is 0 Å². The van der Waals surface area contributed by atoms with Crippen molar-refractivity contribution in [2.45, 2.75) is 44.0 Å². The molecule has 1 aromatic rings. The first kappa shape index (κ1) is 13.2. The molecule has 2 atom stereocenters. The van der Waals surface area contributed by atoms with Gasteiger partial charge in [0.1, 0.15) is 5.15 Å². The molecule has 1 aliphatic rings. The Morgan fingerprint density at radius 2 is 2.29 bits per heavy atom. The van der Waals surface area contributed by atoms with Crippen molar-refractivity contribution >= 4 is 23.4 Å². The maximum Gasteiger partial charge on any atom is 0.131 e. The maximum absolute atomic E-state index is 6.21. The van der Waals surface area contributed by atoms with Crippen molar-refractivity contribution < 1.29 is 0 Å². The molecule has 17 heavy (non-hydrogen) atoms. The van der Waals surface area contributed by atoms with E-state index < -0.39 is 0 Å². The Kier molecular flexibility index (Phi) is 4.39. The Balaban J connectivity index is 1.90. The molecule has 2 unspecified atom stereocenters. The summed E-state index contributed by atoms with van der Waals surface area (Å²) in [5, 5.41) is 9.52. The van der Waals surface area contributed by atoms with Gasteiger partial charge >= 0.3 is 0 Å². The smallest absolute Gasteiger partial charge is 0.131 e. The Bertz CT molecular complexity index is 391. The zero-order valence-corrected chi connectivity index (χ0v) is 12.2. The molecule has 0 spiro atoms. The number of aryl methyl sites for hydroxylation is 2. The van der Waals surface area contributed by atoms with Crippen molar-refractivity contribution in [2.24, 2.45) is 7.05 Å². The molecule has 5 heteroatoms. The van der Waals surface area contributed by atoms with Gasteiger partial charge < -0.3 is 5.32 Å². The van der Waals surface area contributed by atoms with E-state index in [-0.39, 0.29) is 0 Å². The molecule has 1 aromatic heterocycles. The second kappa shape index (κ2) is 5.63. The first-order valence-electron chi connectivity index (χ1n) is 6.06. The van der Waals surface area contributed by atoms with E-state index in [0.29, 0.717) is 6.04 Å². The lowest BCUT2D eigenvalue weighted by Crippen LogP contribution is -2.26. The van der Waals surface area contributed by atoms with Gasteiger partial charge in [0.25, 0.3) is 0 Å². The Morgan fingerprint density at radius 3 is 2.82 bits per heavy atom. The molecule has 0 aliphatic heterocycles. The fourth-order valence-corrected chi connectivity index (χ4v) is 3.50. The van der Waals surface area contributed by atoms with Crippen LogP contribution in [0.5, 0.6) is 0 Å². The van der Waals surface area contributed by atoms with E-state index in [2.05, 4.69) is 16.7 Å². The summed E-state index contributed by atoms with van der Waals surface area (Å²) in [4.78, 5) is 0. The van der Waals surface area contributed by atoms with E-state index >= 15 is 0 Å². The molecule has 1 fully saturated rings. The SMILES string of the molecule is CSC1CCC(NCc2c(C)nn(C)c2Cl)C1. The fraction of sp³-hybridized carbons (Fsp3) is 0.750. The standard InChI is InChI=1S/C12H20ClN3S/c1-8-11(12(13)16(2)15-8)7-14-9-4-5-10(6-9)17-3/h9-10,14H,4-7H2,1-3H3. The van der Waals surface area contributed by atoms with E-state index in [1.807, 2.05) is 25.7 Å². The van der Waals surface area contributed by atoms with E-state index in [1.54, 1.807) is 4.68 Å². The number of nitrogens with one attached hydrogen (secondary N) is 1. The van der Waals surface area contributed by atoms with Gasteiger partial charge in [0.05, 0.1) is 5.69 Å². The van der Waals surface area contributed by atoms with Crippen LogP contribution in [0.4, 0.5) is 0 Å². The van der Waals surface area contributed by atoms with Crippen LogP contribution in [0.25, 0.3) is 0 Å². The molecular formula is C12H20ClN3S. The topological polar surface area (TPSA) is 29.9 Å². The van der Waals surface area contributed by atoms with Gasteiger partial charge in [0.2, 0.25) is 0 Å². The van der Waals surface area contributed by atoms with Gasteiger partial charge in [-0.15, -0.1) is 0 Å². The molecule has 1 heterocycles. The van der Waals surface area contributed by atoms with Crippen molar-refractivity contribution in [3.63, 3.8) is 0 Å². The molecule has 1 saturated carbocycles. The molecule has 1 N–H and O–H groups in total. The van der Waals surface area contributed by atoms with Crippen LogP contribution in [-0.4, -0.2) is 27.3 Å². The van der Waals surface area contributed by atoms with Crippen molar-refractivity contribution in [2.75, 3.05) is 6.26 Å². The predicted molar refractivity (Wildman–Crippen MR) is 74.7 cm³/mol. The highest BCUT2D eigenvalue weighted by molar-refractivity contribution is 7.99. The highest BCUT2D eigenvalue weighted by Crippen LogP contribution is 2.28. The molecule has 0 amide bonds. The molecule has 1 aliphatic carbocycles. The summed E-state index contributed by atoms with van der Waals surface area (Å²) in [6, 6.07) is 0.642. The summed E-state index contributed by atoms with van der Waals surface area (Å²) in [7, 11) is 1.89. The molecule has 0 radical (unpaired) electrons. The molecule has 2 rings (SSSR count). The number of hydrogen-bond donors (Lipinski definition) is 1. The summed E-state index contributed by atoms with van der Waals surface area (Å²) in [6.45, 7) is 2.85. The van der Waals surface area contributed by atoms with E-state index in [9.17, 15) is 0 Å². The number of hydrogen-bond acceptors (Lipinski definition) is 3. The highest BCUT2D eigenvalue weighted by Gasteiger charge is 2.24. The van der Waals surface area contributed by atoms with Gasteiger partial charge in [0, 0.05) is 30.4 Å². The van der Waals surface area contributed by atoms with Crippen LogP contribution in [-0.2, 0) is 13.6 Å². The van der Waals surface area contributed by atoms with Gasteiger partial charge in [-0.25, -0.2) is 0 Å². The first-order valence-corrected chi connectivity index (χ1v) is 7.72. The Hall–Kier alpha value is -0.190. The summed E-state index contributed by atoms with van der Waals surface area (Å²) >= 11 is 8.20. The summed E-state index contributed by atoms with van der Waals surface area (Å²) in [6.07, 6.45) is 6.09. The van der Waals surface area contributed by atoms with Crippen molar-refractivity contribution in [1.82, 2.24) is 15.1 Å². The zero-order valence-electron chi connectivity index (χ0n) is 10.7. The molecule has 3 nitrogen and oxygen atoms in total. The quantitative estimate of drug-likeness (QED) is 0.915. The predicted octanol–water partition coefficient (Wildman–Crippen LogP) is 2.76. The third-order valence-electron chi connectivity index (χ3n) is 3.56. The maximum atomic E-state index is 6.21. The van der Waals surface area contributed by atoms with Crippen LogP contribution in [0.15, 0.2) is 0 Å². The third-order valence-corrected chi connectivity index (χ3v) is 5.12. The first-order chi connectivity index (χ1) is 8.11. The molecule has 0 aromatic carbocycles. The van der Waals surface area contributed by atoms with Gasteiger partial charge in [-0.2, -0.15) is 16.9 Å². The summed E-state index contributed by atoms with van der Waals surface area (Å²) in [5.74, 6) is 0. The summed E-state index contributed by atoms with van der Waals surface area (Å²) in [5.41, 5.74) is 2.17. The monoisotopic (exact) mass is 273 g/mol. The lowest BCUT2D eigenvalue weighted by molar-refractivity contribution is 0.524. The van der Waals surface area contributed by atoms with Crippen LogP contribution in [0, 0.1) is 6.92 Å². The Morgan fingerprint density at radius 1 is 1.53 bits per heavy atom. The average Bonchev–Trinajstić information content (AvgIpc) is 2.84. The van der Waals surface area contributed by atoms with Gasteiger partial charge in [0.15, 0.2) is 0 Å². The van der Waals surface area contributed by atoms with Gasteiger partial charge in [-0.1, -0.05) is 11.6 Å². The lowest BCUT2D eigenvalue weighted by Gasteiger charge is -2.12. The number of nitrogens with zero attached hydrogens (tertiary/aromatic N) is 2. The highest BCUT2D eigenvalue weighted by atomic mass is 35.5. The second-order valence-electron chi connectivity index (χ2n) is 4.73. The largest absolute Gasteiger partial charge is 0.310 e. The number of thioether (sulfide) groups is 1. The van der Waals surface area contributed by atoms with Crippen LogP contribution >= 0.6 is 23.4 Å². The van der Waals surface area contributed by atoms with Crippen LogP contribution in [0.2, 0.25) is 5.15 Å². The van der Waals surface area contributed by atoms with Crippen molar-refractivity contribution in [1.29, 1.82) is 0 Å². The minimum absolute atomic E-state index is 0.642. The number of rotatable bonds is 4. The molecule has 96 valence electrons.